The van der Waals surface area contributed by atoms with E-state index < -0.39 is 0 Å². The van der Waals surface area contributed by atoms with Gasteiger partial charge in [-0.05, 0) is 68.4 Å². The van der Waals surface area contributed by atoms with Crippen molar-refractivity contribution >= 4 is 22.4 Å². The molecule has 5 rings (SSSR count). The van der Waals surface area contributed by atoms with Gasteiger partial charge in [-0.1, -0.05) is 6.08 Å². The molecule has 3 heterocycles. The molecule has 8 heteroatoms. The predicted octanol–water partition coefficient (Wildman–Crippen LogP) is 3.64. The van der Waals surface area contributed by atoms with Gasteiger partial charge in [-0.2, -0.15) is 0 Å². The van der Waals surface area contributed by atoms with Crippen LogP contribution >= 0.6 is 0 Å². The fourth-order valence-corrected chi connectivity index (χ4v) is 4.66. The van der Waals surface area contributed by atoms with Crippen molar-refractivity contribution in [3.05, 3.63) is 58.4 Å². The molecule has 0 unspecified atom stereocenters. The number of aryl methyl sites for hydroxylation is 2. The van der Waals surface area contributed by atoms with E-state index in [-0.39, 0.29) is 11.7 Å². The summed E-state index contributed by atoms with van der Waals surface area (Å²) < 4.78 is 13.6. The van der Waals surface area contributed by atoms with Gasteiger partial charge in [-0.3, -0.25) is 4.79 Å². The first-order valence-corrected chi connectivity index (χ1v) is 11.6. The number of benzene rings is 1. The van der Waals surface area contributed by atoms with Crippen LogP contribution in [0.2, 0.25) is 0 Å². The molecule has 1 saturated carbocycles. The Kier molecular flexibility index (Phi) is 6.09. The van der Waals surface area contributed by atoms with Crippen molar-refractivity contribution in [1.29, 1.82) is 0 Å². The zero-order valence-corrected chi connectivity index (χ0v) is 19.1. The molecule has 2 aromatic heterocycles. The van der Waals surface area contributed by atoms with Gasteiger partial charge in [0.05, 0.1) is 31.0 Å². The Labute approximate surface area is 192 Å². The van der Waals surface area contributed by atoms with Gasteiger partial charge in [0.2, 0.25) is 0 Å². The normalized spacial score (nSPS) is 21.0. The Morgan fingerprint density at radius 3 is 2.79 bits per heavy atom. The second-order valence-corrected chi connectivity index (χ2v) is 8.78. The van der Waals surface area contributed by atoms with Crippen molar-refractivity contribution in [3.8, 4) is 5.75 Å². The second kappa shape index (κ2) is 9.31. The first-order chi connectivity index (χ1) is 16.1. The first kappa shape index (κ1) is 21.6. The fourth-order valence-electron chi connectivity index (χ4n) is 4.66. The summed E-state index contributed by atoms with van der Waals surface area (Å²) in [5.74, 6) is 2.37. The Bertz CT molecular complexity index is 1240. The van der Waals surface area contributed by atoms with E-state index in [1.807, 2.05) is 19.1 Å². The van der Waals surface area contributed by atoms with Crippen LogP contribution in [0.15, 0.2) is 41.5 Å². The summed E-state index contributed by atoms with van der Waals surface area (Å²) in [6.45, 7) is 3.23. The average molecular weight is 448 g/mol. The molecule has 1 aromatic carbocycles. The summed E-state index contributed by atoms with van der Waals surface area (Å²) in [5.41, 5.74) is 3.69. The van der Waals surface area contributed by atoms with E-state index in [2.05, 4.69) is 32.4 Å². The van der Waals surface area contributed by atoms with Crippen LogP contribution in [0.3, 0.4) is 0 Å². The number of ether oxygens (including phenoxy) is 2. The van der Waals surface area contributed by atoms with Gasteiger partial charge < -0.3 is 19.4 Å². The van der Waals surface area contributed by atoms with Gasteiger partial charge in [-0.15, -0.1) is 0 Å². The molecule has 3 aromatic rings. The molecule has 1 aliphatic heterocycles. The molecule has 8 nitrogen and oxygen atoms in total. The molecule has 0 spiro atoms. The van der Waals surface area contributed by atoms with Crippen molar-refractivity contribution in [2.24, 2.45) is 7.05 Å². The third kappa shape index (κ3) is 4.75. The minimum absolute atomic E-state index is 0.0904. The highest BCUT2D eigenvalue weighted by molar-refractivity contribution is 5.86. The summed E-state index contributed by atoms with van der Waals surface area (Å²) in [6.07, 6.45) is 10.1. The molecule has 0 radical (unpaired) electrons. The van der Waals surface area contributed by atoms with E-state index in [0.29, 0.717) is 19.3 Å². The topological polar surface area (TPSA) is 91.2 Å². The van der Waals surface area contributed by atoms with E-state index in [9.17, 15) is 4.79 Å². The highest BCUT2D eigenvalue weighted by atomic mass is 16.5. The van der Waals surface area contributed by atoms with Crippen molar-refractivity contribution < 1.29 is 9.47 Å². The van der Waals surface area contributed by atoms with Gasteiger partial charge in [0.15, 0.2) is 0 Å². The Balaban J connectivity index is 1.36. The van der Waals surface area contributed by atoms with Gasteiger partial charge in [0.25, 0.3) is 5.56 Å². The first-order valence-electron chi connectivity index (χ1n) is 11.6. The number of anilines is 1. The third-order valence-corrected chi connectivity index (χ3v) is 6.46. The maximum absolute atomic E-state index is 12.3. The maximum Gasteiger partial charge on any atom is 0.269 e. The van der Waals surface area contributed by atoms with E-state index in [1.54, 1.807) is 17.8 Å². The van der Waals surface area contributed by atoms with Crippen LogP contribution in [-0.4, -0.2) is 44.9 Å². The summed E-state index contributed by atoms with van der Waals surface area (Å²) >= 11 is 0. The largest absolute Gasteiger partial charge is 0.488 e. The number of nitrogens with one attached hydrogen (secondary N) is 1. The number of nitrogens with zero attached hydrogens (tertiary/aromatic N) is 4. The quantitative estimate of drug-likeness (QED) is 0.638. The van der Waals surface area contributed by atoms with E-state index in [1.165, 1.54) is 11.8 Å². The molecule has 1 aliphatic carbocycles. The number of fused-ring (bicyclic) bond motifs is 1. The Morgan fingerprint density at radius 2 is 2.03 bits per heavy atom. The Hall–Kier alpha value is -3.26. The lowest BCUT2D eigenvalue weighted by Gasteiger charge is -2.30. The summed E-state index contributed by atoms with van der Waals surface area (Å²) in [4.78, 5) is 25.3. The molecule has 172 valence electrons. The van der Waals surface area contributed by atoms with E-state index >= 15 is 0 Å². The van der Waals surface area contributed by atoms with Gasteiger partial charge in [0, 0.05) is 19.3 Å². The highest BCUT2D eigenvalue weighted by Crippen LogP contribution is 2.33. The molecule has 2 aliphatic rings. The zero-order chi connectivity index (χ0) is 22.8. The van der Waals surface area contributed by atoms with Crippen LogP contribution in [0.5, 0.6) is 5.75 Å². The number of aromatic nitrogens is 4. The molecule has 0 amide bonds. The maximum atomic E-state index is 12.3. The number of hydrogen-bond donors (Lipinski definition) is 1. The third-order valence-electron chi connectivity index (χ3n) is 6.46. The van der Waals surface area contributed by atoms with Crippen molar-refractivity contribution in [2.45, 2.75) is 51.2 Å². The highest BCUT2D eigenvalue weighted by Gasteiger charge is 2.24. The minimum Gasteiger partial charge on any atom is -0.488 e. The lowest BCUT2D eigenvalue weighted by atomic mass is 9.92. The lowest BCUT2D eigenvalue weighted by Crippen LogP contribution is -2.31. The van der Waals surface area contributed by atoms with Crippen molar-refractivity contribution in [1.82, 2.24) is 19.5 Å². The standard InChI is InChI=1S/C25H29N5O3/c1-16-26-10-7-23(28-16)29-19-3-5-20(6-4-19)33-22-14-18(17-8-11-32-12-9-17)13-21-25(22)30(2)24(31)15-27-21/h7-8,10,13-15,19-20H,3-6,9,11-12H2,1-2H3,(H,26,28,29). The second-order valence-electron chi connectivity index (χ2n) is 8.78. The molecule has 0 atom stereocenters. The summed E-state index contributed by atoms with van der Waals surface area (Å²) in [6, 6.07) is 6.38. The molecule has 1 N–H and O–H groups in total. The fraction of sp³-hybridized carbons (Fsp3) is 0.440. The molecule has 1 fully saturated rings. The van der Waals surface area contributed by atoms with Crippen LogP contribution in [0.25, 0.3) is 16.6 Å². The van der Waals surface area contributed by atoms with Gasteiger partial charge in [-0.25, -0.2) is 15.0 Å². The smallest absolute Gasteiger partial charge is 0.269 e. The summed E-state index contributed by atoms with van der Waals surface area (Å²) in [5, 5.41) is 3.52. The molecule has 0 saturated heterocycles. The van der Waals surface area contributed by atoms with Crippen molar-refractivity contribution in [2.75, 3.05) is 18.5 Å². The van der Waals surface area contributed by atoms with E-state index in [4.69, 9.17) is 9.47 Å². The lowest BCUT2D eigenvalue weighted by molar-refractivity contribution is 0.151. The van der Waals surface area contributed by atoms with Crippen LogP contribution in [0, 0.1) is 6.92 Å². The monoisotopic (exact) mass is 447 g/mol. The minimum atomic E-state index is -0.140. The van der Waals surface area contributed by atoms with Gasteiger partial charge >= 0.3 is 0 Å². The Morgan fingerprint density at radius 1 is 1.18 bits per heavy atom. The van der Waals surface area contributed by atoms with Crippen LogP contribution in [0.4, 0.5) is 5.82 Å². The molecule has 0 bridgehead atoms. The zero-order valence-electron chi connectivity index (χ0n) is 19.1. The summed E-state index contributed by atoms with van der Waals surface area (Å²) in [7, 11) is 1.77. The number of hydrogen-bond acceptors (Lipinski definition) is 7. The van der Waals surface area contributed by atoms with Gasteiger partial charge in [0.1, 0.15) is 22.9 Å². The molecular weight excluding hydrogens is 418 g/mol. The number of rotatable bonds is 5. The van der Waals surface area contributed by atoms with E-state index in [0.717, 1.165) is 66.1 Å². The SMILES string of the molecule is Cc1nccc(NC2CCC(Oc3cc(C4=CCOCC4)cc4ncc(=O)n(C)c34)CC2)n1. The molecule has 33 heavy (non-hydrogen) atoms. The predicted molar refractivity (Wildman–Crippen MR) is 127 cm³/mol. The average Bonchev–Trinajstić information content (AvgIpc) is 2.83. The van der Waals surface area contributed by atoms with Crippen LogP contribution in [0.1, 0.15) is 43.5 Å². The van der Waals surface area contributed by atoms with Crippen molar-refractivity contribution in [3.63, 3.8) is 0 Å². The molecular formula is C25H29N5O3. The van der Waals surface area contributed by atoms with Crippen LogP contribution in [-0.2, 0) is 11.8 Å². The van der Waals surface area contributed by atoms with Crippen LogP contribution < -0.4 is 15.6 Å².